The number of thiazole rings is 1. The van der Waals surface area contributed by atoms with Crippen molar-refractivity contribution in [1.29, 1.82) is 0 Å². The molecule has 1 unspecified atom stereocenters. The van der Waals surface area contributed by atoms with Crippen LogP contribution in [-0.2, 0) is 0 Å². The molecule has 0 aliphatic rings. The molecule has 0 radical (unpaired) electrons. The molecule has 0 spiro atoms. The van der Waals surface area contributed by atoms with Crippen LogP contribution >= 0.6 is 36.2 Å². The quantitative estimate of drug-likeness (QED) is 0.776. The van der Waals surface area contributed by atoms with Crippen LogP contribution in [0.3, 0.4) is 0 Å². The Morgan fingerprint density at radius 1 is 1.24 bits per heavy atom. The van der Waals surface area contributed by atoms with E-state index >= 15 is 0 Å². The number of carbonyl (C=O) groups is 1. The Balaban J connectivity index is 0.00000288. The molecule has 2 aromatic rings. The number of nitrogens with zero attached hydrogens (tertiary/aromatic N) is 2. The number of nitrogens with two attached hydrogens (primary N) is 1. The number of carbonyl (C=O) groups excluding carboxylic acids is 1. The fourth-order valence-corrected chi connectivity index (χ4v) is 3.25. The first-order valence-corrected chi connectivity index (χ1v) is 8.75. The van der Waals surface area contributed by atoms with E-state index in [4.69, 9.17) is 5.73 Å². The Bertz CT molecular complexity index is 662. The summed E-state index contributed by atoms with van der Waals surface area (Å²) in [7, 11) is 1.83. The highest BCUT2D eigenvalue weighted by Gasteiger charge is 2.21. The number of aryl methyl sites for hydroxylation is 1. The maximum atomic E-state index is 12.8. The van der Waals surface area contributed by atoms with E-state index in [9.17, 15) is 4.79 Å². The van der Waals surface area contributed by atoms with Gasteiger partial charge in [-0.3, -0.25) is 4.79 Å². The lowest BCUT2D eigenvalue weighted by Crippen LogP contribution is -2.34. The van der Waals surface area contributed by atoms with Crippen molar-refractivity contribution in [2.24, 2.45) is 11.7 Å². The van der Waals surface area contributed by atoms with Gasteiger partial charge in [0, 0.05) is 25.2 Å². The predicted octanol–water partition coefficient (Wildman–Crippen LogP) is 4.41. The third kappa shape index (κ3) is 6.26. The Kier molecular flexibility index (Phi) is 10.3. The number of hydrogen-bond acceptors (Lipinski definition) is 4. The van der Waals surface area contributed by atoms with E-state index in [-0.39, 0.29) is 36.8 Å². The molecule has 0 aliphatic heterocycles. The van der Waals surface area contributed by atoms with Gasteiger partial charge in [-0.2, -0.15) is 0 Å². The van der Waals surface area contributed by atoms with Crippen LogP contribution in [0.25, 0.3) is 11.3 Å². The highest BCUT2D eigenvalue weighted by atomic mass is 35.5. The van der Waals surface area contributed by atoms with Crippen LogP contribution in [0.2, 0.25) is 0 Å². The molecule has 0 saturated heterocycles. The highest BCUT2D eigenvalue weighted by molar-refractivity contribution is 7.14. The fourth-order valence-electron chi connectivity index (χ4n) is 2.31. The fraction of sp³-hybridized carbons (Fsp3) is 0.444. The molecule has 0 aliphatic carbocycles. The summed E-state index contributed by atoms with van der Waals surface area (Å²) in [6.07, 6.45) is 0.804. The van der Waals surface area contributed by atoms with Gasteiger partial charge in [0.2, 0.25) is 0 Å². The summed E-state index contributed by atoms with van der Waals surface area (Å²) in [6.45, 7) is 6.80. The van der Waals surface area contributed by atoms with Crippen molar-refractivity contribution < 1.29 is 4.79 Å². The third-order valence-electron chi connectivity index (χ3n) is 3.98. The lowest BCUT2D eigenvalue weighted by atomic mass is 10.0. The molecule has 7 heteroatoms. The standard InChI is InChI=1S/C18H25N3OS.2ClH/c1-12(2)15(19)10-11-21(4)18(22)17-16(20-13(3)23-17)14-8-6-5-7-9-14;;/h5-9,12,15H,10-11,19H2,1-4H3;2*1H. The van der Waals surface area contributed by atoms with Crippen molar-refractivity contribution >= 4 is 42.1 Å². The van der Waals surface area contributed by atoms with E-state index in [2.05, 4.69) is 18.8 Å². The molecule has 4 nitrogen and oxygen atoms in total. The molecule has 1 aromatic carbocycles. The van der Waals surface area contributed by atoms with E-state index in [1.165, 1.54) is 11.3 Å². The molecule has 1 aromatic heterocycles. The van der Waals surface area contributed by atoms with E-state index < -0.39 is 0 Å². The number of amides is 1. The number of rotatable bonds is 6. The summed E-state index contributed by atoms with van der Waals surface area (Å²) in [5.74, 6) is 0.439. The maximum absolute atomic E-state index is 12.8. The minimum atomic E-state index is 0. The summed E-state index contributed by atoms with van der Waals surface area (Å²) in [5, 5.41) is 0.902. The van der Waals surface area contributed by atoms with Crippen LogP contribution < -0.4 is 5.73 Å². The second kappa shape index (κ2) is 10.8. The van der Waals surface area contributed by atoms with Gasteiger partial charge in [0.15, 0.2) is 0 Å². The Hall–Kier alpha value is -1.14. The number of halogens is 2. The van der Waals surface area contributed by atoms with Crippen LogP contribution in [0.5, 0.6) is 0 Å². The molecular formula is C18H27Cl2N3OS. The first kappa shape index (κ1) is 23.9. The average molecular weight is 404 g/mol. The third-order valence-corrected chi connectivity index (χ3v) is 4.94. The summed E-state index contributed by atoms with van der Waals surface area (Å²) < 4.78 is 0. The van der Waals surface area contributed by atoms with Crippen molar-refractivity contribution in [3.8, 4) is 11.3 Å². The van der Waals surface area contributed by atoms with E-state index in [0.29, 0.717) is 17.3 Å². The van der Waals surface area contributed by atoms with Gasteiger partial charge < -0.3 is 10.6 Å². The molecule has 2 N–H and O–H groups in total. The molecule has 1 atom stereocenters. The smallest absolute Gasteiger partial charge is 0.265 e. The Morgan fingerprint density at radius 3 is 2.40 bits per heavy atom. The van der Waals surface area contributed by atoms with Crippen LogP contribution in [0, 0.1) is 12.8 Å². The predicted molar refractivity (Wildman–Crippen MR) is 111 cm³/mol. The highest BCUT2D eigenvalue weighted by Crippen LogP contribution is 2.29. The molecule has 1 amide bonds. The second-order valence-corrected chi connectivity index (χ2v) is 7.40. The van der Waals surface area contributed by atoms with Crippen molar-refractivity contribution in [3.05, 3.63) is 40.2 Å². The van der Waals surface area contributed by atoms with Gasteiger partial charge in [0.25, 0.3) is 5.91 Å². The Labute approximate surface area is 166 Å². The minimum Gasteiger partial charge on any atom is -0.341 e. The SMILES string of the molecule is Cc1nc(-c2ccccc2)c(C(=O)N(C)CCC(N)C(C)C)s1.Cl.Cl. The van der Waals surface area contributed by atoms with Gasteiger partial charge in [0.1, 0.15) is 4.88 Å². The minimum absolute atomic E-state index is 0. The van der Waals surface area contributed by atoms with E-state index in [1.54, 1.807) is 4.90 Å². The molecule has 25 heavy (non-hydrogen) atoms. The first-order chi connectivity index (χ1) is 10.9. The summed E-state index contributed by atoms with van der Waals surface area (Å²) in [6, 6.07) is 9.97. The Morgan fingerprint density at radius 2 is 1.84 bits per heavy atom. The number of aromatic nitrogens is 1. The van der Waals surface area contributed by atoms with Crippen molar-refractivity contribution in [3.63, 3.8) is 0 Å². The van der Waals surface area contributed by atoms with Crippen LogP contribution in [-0.4, -0.2) is 35.4 Å². The summed E-state index contributed by atoms with van der Waals surface area (Å²) >= 11 is 1.45. The first-order valence-electron chi connectivity index (χ1n) is 7.94. The van der Waals surface area contributed by atoms with Crippen LogP contribution in [0.4, 0.5) is 0 Å². The van der Waals surface area contributed by atoms with Gasteiger partial charge >= 0.3 is 0 Å². The number of benzene rings is 1. The van der Waals surface area contributed by atoms with Gasteiger partial charge in [-0.05, 0) is 19.3 Å². The number of hydrogen-bond donors (Lipinski definition) is 1. The van der Waals surface area contributed by atoms with Gasteiger partial charge in [0.05, 0.1) is 10.7 Å². The van der Waals surface area contributed by atoms with Gasteiger partial charge in [-0.1, -0.05) is 44.2 Å². The van der Waals surface area contributed by atoms with E-state index in [0.717, 1.165) is 22.7 Å². The van der Waals surface area contributed by atoms with E-state index in [1.807, 2.05) is 44.3 Å². The second-order valence-electron chi connectivity index (χ2n) is 6.20. The summed E-state index contributed by atoms with van der Waals surface area (Å²) in [4.78, 5) is 19.8. The van der Waals surface area contributed by atoms with Crippen molar-refractivity contribution in [1.82, 2.24) is 9.88 Å². The lowest BCUT2D eigenvalue weighted by molar-refractivity contribution is 0.0794. The molecule has 2 rings (SSSR count). The molecule has 1 heterocycles. The monoisotopic (exact) mass is 403 g/mol. The molecule has 0 bridgehead atoms. The topological polar surface area (TPSA) is 59.2 Å². The lowest BCUT2D eigenvalue weighted by Gasteiger charge is -2.21. The average Bonchev–Trinajstić information content (AvgIpc) is 2.94. The normalized spacial score (nSPS) is 11.4. The van der Waals surface area contributed by atoms with Gasteiger partial charge in [-0.25, -0.2) is 4.98 Å². The molecule has 140 valence electrons. The van der Waals surface area contributed by atoms with Crippen LogP contribution in [0.15, 0.2) is 30.3 Å². The zero-order chi connectivity index (χ0) is 17.0. The maximum Gasteiger partial charge on any atom is 0.265 e. The zero-order valence-electron chi connectivity index (χ0n) is 15.1. The summed E-state index contributed by atoms with van der Waals surface area (Å²) in [5.41, 5.74) is 7.84. The van der Waals surface area contributed by atoms with Crippen LogP contribution in [0.1, 0.15) is 34.9 Å². The van der Waals surface area contributed by atoms with Gasteiger partial charge in [-0.15, -0.1) is 36.2 Å². The molecule has 0 fully saturated rings. The molecule has 0 saturated carbocycles. The van der Waals surface area contributed by atoms with Crippen molar-refractivity contribution in [2.75, 3.05) is 13.6 Å². The largest absolute Gasteiger partial charge is 0.341 e. The zero-order valence-corrected chi connectivity index (χ0v) is 17.5. The molecular weight excluding hydrogens is 377 g/mol. The van der Waals surface area contributed by atoms with Crippen molar-refractivity contribution in [2.45, 2.75) is 33.2 Å².